The zero-order valence-corrected chi connectivity index (χ0v) is 24.8. The van der Waals surface area contributed by atoms with E-state index in [9.17, 15) is 18.0 Å². The summed E-state index contributed by atoms with van der Waals surface area (Å²) in [6.07, 6.45) is 0. The fourth-order valence-corrected chi connectivity index (χ4v) is 5.69. The van der Waals surface area contributed by atoms with Gasteiger partial charge in [0.1, 0.15) is 12.6 Å². The third kappa shape index (κ3) is 7.83. The lowest BCUT2D eigenvalue weighted by Crippen LogP contribution is -2.54. The molecule has 0 saturated heterocycles. The van der Waals surface area contributed by atoms with Crippen LogP contribution in [-0.4, -0.2) is 43.3 Å². The van der Waals surface area contributed by atoms with Gasteiger partial charge >= 0.3 is 0 Å². The summed E-state index contributed by atoms with van der Waals surface area (Å²) in [4.78, 5) is 28.6. The van der Waals surface area contributed by atoms with Crippen LogP contribution >= 0.6 is 11.6 Å². The van der Waals surface area contributed by atoms with Crippen LogP contribution in [0.2, 0.25) is 5.02 Å². The quantitative estimate of drug-likeness (QED) is 0.369. The number of nitrogens with zero attached hydrogens (tertiary/aromatic N) is 2. The molecule has 1 N–H and O–H groups in total. The lowest BCUT2D eigenvalue weighted by atomic mass is 10.1. The number of halogens is 1. The molecule has 0 saturated carbocycles. The summed E-state index contributed by atoms with van der Waals surface area (Å²) in [7, 11) is -4.15. The first kappa shape index (κ1) is 30.2. The molecule has 0 radical (unpaired) electrons. The number of rotatable bonds is 9. The second-order valence-corrected chi connectivity index (χ2v) is 13.0. The van der Waals surface area contributed by atoms with Gasteiger partial charge in [0.2, 0.25) is 11.8 Å². The SMILES string of the molecule is Cc1ccc(CN(C(=O)CN(c2cc(Cl)ccc2C)S(=O)(=O)c2ccccc2)[C@H](C)C(=O)NC(C)(C)C)cc1. The molecular formula is C30H36ClN3O4S. The number of benzene rings is 3. The average Bonchev–Trinajstić information content (AvgIpc) is 2.87. The van der Waals surface area contributed by atoms with Crippen molar-refractivity contribution in [3.05, 3.63) is 94.5 Å². The molecule has 39 heavy (non-hydrogen) atoms. The van der Waals surface area contributed by atoms with Gasteiger partial charge in [-0.1, -0.05) is 65.7 Å². The lowest BCUT2D eigenvalue weighted by molar-refractivity contribution is -0.140. The van der Waals surface area contributed by atoms with Crippen molar-refractivity contribution >= 4 is 39.1 Å². The van der Waals surface area contributed by atoms with Crippen molar-refractivity contribution in [3.8, 4) is 0 Å². The van der Waals surface area contributed by atoms with E-state index in [0.29, 0.717) is 16.3 Å². The fourth-order valence-electron chi connectivity index (χ4n) is 4.03. The monoisotopic (exact) mass is 569 g/mol. The Labute approximate surface area is 236 Å². The van der Waals surface area contributed by atoms with Crippen LogP contribution in [0.25, 0.3) is 0 Å². The van der Waals surface area contributed by atoms with Gasteiger partial charge in [-0.15, -0.1) is 0 Å². The Kier molecular flexibility index (Phi) is 9.46. The molecule has 0 heterocycles. The van der Waals surface area contributed by atoms with Gasteiger partial charge in [0.15, 0.2) is 0 Å². The maximum absolute atomic E-state index is 14.0. The Hall–Kier alpha value is -3.36. The zero-order chi connectivity index (χ0) is 29.0. The first-order valence-corrected chi connectivity index (χ1v) is 14.5. The third-order valence-corrected chi connectivity index (χ3v) is 8.20. The van der Waals surface area contributed by atoms with Crippen molar-refractivity contribution < 1.29 is 18.0 Å². The third-order valence-electron chi connectivity index (χ3n) is 6.19. The van der Waals surface area contributed by atoms with Crippen LogP contribution < -0.4 is 9.62 Å². The van der Waals surface area contributed by atoms with Crippen LogP contribution in [0.1, 0.15) is 44.4 Å². The molecule has 0 aromatic heterocycles. The molecule has 0 aliphatic carbocycles. The fraction of sp³-hybridized carbons (Fsp3) is 0.333. The van der Waals surface area contributed by atoms with Crippen molar-refractivity contribution in [1.82, 2.24) is 10.2 Å². The topological polar surface area (TPSA) is 86.8 Å². The van der Waals surface area contributed by atoms with E-state index in [2.05, 4.69) is 5.32 Å². The predicted octanol–water partition coefficient (Wildman–Crippen LogP) is 5.48. The van der Waals surface area contributed by atoms with Crippen molar-refractivity contribution in [2.75, 3.05) is 10.8 Å². The molecule has 2 amide bonds. The molecule has 0 unspecified atom stereocenters. The summed E-state index contributed by atoms with van der Waals surface area (Å²) >= 11 is 6.26. The van der Waals surface area contributed by atoms with E-state index in [1.165, 1.54) is 23.1 Å². The molecule has 3 aromatic rings. The standard InChI is InChI=1S/C30H36ClN3O4S/c1-21-12-15-24(16-13-21)19-33(23(3)29(36)32-30(4,5)6)28(35)20-34(27-18-25(31)17-14-22(27)2)39(37,38)26-10-8-7-9-11-26/h7-18,23H,19-20H2,1-6H3,(H,32,36)/t23-/m1/s1. The molecule has 0 spiro atoms. The highest BCUT2D eigenvalue weighted by molar-refractivity contribution is 7.92. The van der Waals surface area contributed by atoms with Crippen LogP contribution in [0.3, 0.4) is 0 Å². The van der Waals surface area contributed by atoms with Gasteiger partial charge in [-0.3, -0.25) is 13.9 Å². The maximum Gasteiger partial charge on any atom is 0.264 e. The van der Waals surface area contributed by atoms with Crippen molar-refractivity contribution in [2.45, 2.75) is 64.6 Å². The van der Waals surface area contributed by atoms with E-state index in [1.54, 1.807) is 44.2 Å². The summed E-state index contributed by atoms with van der Waals surface area (Å²) in [5, 5.41) is 3.26. The van der Waals surface area contributed by atoms with E-state index in [4.69, 9.17) is 11.6 Å². The van der Waals surface area contributed by atoms with E-state index in [1.807, 2.05) is 52.0 Å². The van der Waals surface area contributed by atoms with E-state index < -0.39 is 34.1 Å². The summed E-state index contributed by atoms with van der Waals surface area (Å²) in [5.41, 5.74) is 2.30. The minimum absolute atomic E-state index is 0.0424. The summed E-state index contributed by atoms with van der Waals surface area (Å²) in [5.74, 6) is -0.856. The van der Waals surface area contributed by atoms with Gasteiger partial charge in [-0.05, 0) is 76.9 Å². The first-order chi connectivity index (χ1) is 18.2. The summed E-state index contributed by atoms with van der Waals surface area (Å²) in [6, 6.07) is 19.6. The molecule has 3 rings (SSSR count). The number of aryl methyl sites for hydroxylation is 2. The molecular weight excluding hydrogens is 534 g/mol. The van der Waals surface area contributed by atoms with Gasteiger partial charge < -0.3 is 10.2 Å². The molecule has 208 valence electrons. The lowest BCUT2D eigenvalue weighted by Gasteiger charge is -2.34. The molecule has 3 aromatic carbocycles. The van der Waals surface area contributed by atoms with Gasteiger partial charge in [0.25, 0.3) is 10.0 Å². The minimum atomic E-state index is -4.15. The number of amides is 2. The van der Waals surface area contributed by atoms with Crippen molar-refractivity contribution in [2.24, 2.45) is 0 Å². The smallest absolute Gasteiger partial charge is 0.264 e. The van der Waals surface area contributed by atoms with E-state index in [-0.39, 0.29) is 17.3 Å². The summed E-state index contributed by atoms with van der Waals surface area (Å²) < 4.78 is 28.8. The van der Waals surface area contributed by atoms with Crippen LogP contribution in [0.5, 0.6) is 0 Å². The predicted molar refractivity (Wildman–Crippen MR) is 156 cm³/mol. The Morgan fingerprint density at radius 1 is 0.949 bits per heavy atom. The van der Waals surface area contributed by atoms with Gasteiger partial charge in [-0.2, -0.15) is 0 Å². The molecule has 0 aliphatic heterocycles. The number of sulfonamides is 1. The number of nitrogens with one attached hydrogen (secondary N) is 1. The molecule has 0 aliphatic rings. The Balaban J connectivity index is 2.06. The largest absolute Gasteiger partial charge is 0.350 e. The van der Waals surface area contributed by atoms with E-state index >= 15 is 0 Å². The van der Waals surface area contributed by atoms with Gasteiger partial charge in [0, 0.05) is 17.1 Å². The van der Waals surface area contributed by atoms with Crippen molar-refractivity contribution in [3.63, 3.8) is 0 Å². The van der Waals surface area contributed by atoms with Crippen molar-refractivity contribution in [1.29, 1.82) is 0 Å². The minimum Gasteiger partial charge on any atom is -0.350 e. The maximum atomic E-state index is 14.0. The number of hydrogen-bond acceptors (Lipinski definition) is 4. The number of carbonyl (C=O) groups excluding carboxylic acids is 2. The number of anilines is 1. The molecule has 1 atom stereocenters. The zero-order valence-electron chi connectivity index (χ0n) is 23.2. The highest BCUT2D eigenvalue weighted by atomic mass is 35.5. The second kappa shape index (κ2) is 12.2. The van der Waals surface area contributed by atoms with E-state index in [0.717, 1.165) is 15.4 Å². The molecule has 7 nitrogen and oxygen atoms in total. The van der Waals surface area contributed by atoms with Gasteiger partial charge in [-0.25, -0.2) is 8.42 Å². The summed E-state index contributed by atoms with van der Waals surface area (Å²) in [6.45, 7) is 10.6. The Bertz CT molecular complexity index is 1420. The second-order valence-electron chi connectivity index (χ2n) is 10.7. The average molecular weight is 570 g/mol. The normalized spacial score (nSPS) is 12.5. The molecule has 0 bridgehead atoms. The number of carbonyl (C=O) groups is 2. The Morgan fingerprint density at radius 2 is 1.56 bits per heavy atom. The van der Waals surface area contributed by atoms with Gasteiger partial charge in [0.05, 0.1) is 10.6 Å². The highest BCUT2D eigenvalue weighted by Gasteiger charge is 2.34. The van der Waals surface area contributed by atoms with Crippen LogP contribution in [0.4, 0.5) is 5.69 Å². The van der Waals surface area contributed by atoms with Crippen LogP contribution in [0.15, 0.2) is 77.7 Å². The molecule has 0 fully saturated rings. The van der Waals surface area contributed by atoms with Crippen LogP contribution in [-0.2, 0) is 26.2 Å². The molecule has 9 heteroatoms. The van der Waals surface area contributed by atoms with Crippen LogP contribution in [0, 0.1) is 13.8 Å². The highest BCUT2D eigenvalue weighted by Crippen LogP contribution is 2.30. The Morgan fingerprint density at radius 3 is 2.15 bits per heavy atom. The number of hydrogen-bond donors (Lipinski definition) is 1. The first-order valence-electron chi connectivity index (χ1n) is 12.7.